The van der Waals surface area contributed by atoms with Gasteiger partial charge >= 0.3 is 0 Å². The molecule has 0 saturated carbocycles. The van der Waals surface area contributed by atoms with Crippen molar-refractivity contribution in [2.45, 2.75) is 0 Å². The average Bonchev–Trinajstić information content (AvgIpc) is 2.36. The van der Waals surface area contributed by atoms with Crippen molar-refractivity contribution < 1.29 is 9.59 Å². The van der Waals surface area contributed by atoms with E-state index in [4.69, 9.17) is 0 Å². The molecule has 0 aliphatic carbocycles. The Bertz CT molecular complexity index is 432. The molecular formula is C12H13BrN2O2. The number of amides is 2. The number of hydrogen-bond donors (Lipinski definition) is 2. The molecule has 0 fully saturated rings. The van der Waals surface area contributed by atoms with Crippen LogP contribution in [0.25, 0.3) is 0 Å². The second kappa shape index (κ2) is 6.85. The zero-order valence-corrected chi connectivity index (χ0v) is 10.8. The predicted octanol–water partition coefficient (Wildman–Crippen LogP) is 1.94. The van der Waals surface area contributed by atoms with Crippen molar-refractivity contribution in [1.29, 1.82) is 0 Å². The molecule has 0 aliphatic heterocycles. The minimum atomic E-state index is -0.240. The zero-order valence-electron chi connectivity index (χ0n) is 9.20. The standard InChI is InChI=1S/C12H13BrN2O2/c1-2-7-14-12(17)9-5-3-4-6-10(9)15-11(16)8-13/h2-6H,1,7-8H2,(H,14,17)(H,15,16). The van der Waals surface area contributed by atoms with Gasteiger partial charge in [0.15, 0.2) is 0 Å². The van der Waals surface area contributed by atoms with Gasteiger partial charge in [0, 0.05) is 6.54 Å². The van der Waals surface area contributed by atoms with E-state index in [0.717, 1.165) is 0 Å². The number of alkyl halides is 1. The maximum atomic E-state index is 11.8. The molecule has 5 heteroatoms. The largest absolute Gasteiger partial charge is 0.349 e. The summed E-state index contributed by atoms with van der Waals surface area (Å²) in [6, 6.07) is 6.84. The van der Waals surface area contributed by atoms with E-state index >= 15 is 0 Å². The fourth-order valence-electron chi connectivity index (χ4n) is 1.23. The lowest BCUT2D eigenvalue weighted by Crippen LogP contribution is -2.25. The van der Waals surface area contributed by atoms with Gasteiger partial charge in [0.2, 0.25) is 5.91 Å². The van der Waals surface area contributed by atoms with Gasteiger partial charge in [-0.2, -0.15) is 0 Å². The van der Waals surface area contributed by atoms with Crippen molar-refractivity contribution in [3.8, 4) is 0 Å². The van der Waals surface area contributed by atoms with E-state index in [9.17, 15) is 9.59 Å². The lowest BCUT2D eigenvalue weighted by molar-refractivity contribution is -0.113. The molecule has 1 aromatic carbocycles. The number of carbonyl (C=O) groups is 2. The number of rotatable bonds is 5. The number of carbonyl (C=O) groups excluding carboxylic acids is 2. The SMILES string of the molecule is C=CCNC(=O)c1ccccc1NC(=O)CBr. The van der Waals surface area contributed by atoms with Crippen LogP contribution in [0.5, 0.6) is 0 Å². The molecule has 0 heterocycles. The minimum Gasteiger partial charge on any atom is -0.349 e. The zero-order chi connectivity index (χ0) is 12.7. The van der Waals surface area contributed by atoms with Crippen LogP contribution in [0.2, 0.25) is 0 Å². The van der Waals surface area contributed by atoms with Gasteiger partial charge in [-0.15, -0.1) is 6.58 Å². The summed E-state index contributed by atoms with van der Waals surface area (Å²) in [4.78, 5) is 23.0. The number of anilines is 1. The first kappa shape index (κ1) is 13.4. The molecule has 0 radical (unpaired) electrons. The van der Waals surface area contributed by atoms with Crippen molar-refractivity contribution in [2.75, 3.05) is 17.2 Å². The quantitative estimate of drug-likeness (QED) is 0.644. The Morgan fingerprint density at radius 1 is 1.35 bits per heavy atom. The van der Waals surface area contributed by atoms with Crippen LogP contribution in [0.4, 0.5) is 5.69 Å². The van der Waals surface area contributed by atoms with Crippen LogP contribution in [0.3, 0.4) is 0 Å². The van der Waals surface area contributed by atoms with Crippen molar-refractivity contribution >= 4 is 33.4 Å². The Balaban J connectivity index is 2.87. The third kappa shape index (κ3) is 4.03. The van der Waals surface area contributed by atoms with E-state index in [0.29, 0.717) is 17.8 Å². The van der Waals surface area contributed by atoms with Crippen LogP contribution in [-0.2, 0) is 4.79 Å². The van der Waals surface area contributed by atoms with Gasteiger partial charge in [0.05, 0.1) is 16.6 Å². The summed E-state index contributed by atoms with van der Waals surface area (Å²) in [5.41, 5.74) is 0.933. The van der Waals surface area contributed by atoms with Crippen LogP contribution in [-0.4, -0.2) is 23.7 Å². The second-order valence-corrected chi connectivity index (χ2v) is 3.79. The van der Waals surface area contributed by atoms with E-state index in [1.165, 1.54) is 0 Å². The third-order valence-electron chi connectivity index (χ3n) is 1.97. The highest BCUT2D eigenvalue weighted by Gasteiger charge is 2.11. The molecule has 0 bridgehead atoms. The van der Waals surface area contributed by atoms with Crippen LogP contribution < -0.4 is 10.6 Å². The summed E-state index contributed by atoms with van der Waals surface area (Å²) in [5, 5.41) is 5.50. The molecule has 0 spiro atoms. The Labute approximate surface area is 108 Å². The van der Waals surface area contributed by atoms with E-state index in [1.54, 1.807) is 30.3 Å². The number of para-hydroxylation sites is 1. The van der Waals surface area contributed by atoms with Gasteiger partial charge in [-0.1, -0.05) is 34.1 Å². The number of halogens is 1. The molecule has 2 amide bonds. The molecule has 1 aromatic rings. The summed E-state index contributed by atoms with van der Waals surface area (Å²) in [6.45, 7) is 3.91. The van der Waals surface area contributed by atoms with Crippen LogP contribution in [0, 0.1) is 0 Å². The molecule has 4 nitrogen and oxygen atoms in total. The molecule has 0 saturated heterocycles. The maximum absolute atomic E-state index is 11.8. The van der Waals surface area contributed by atoms with E-state index < -0.39 is 0 Å². The molecule has 0 atom stereocenters. The van der Waals surface area contributed by atoms with Gasteiger partial charge in [-0.3, -0.25) is 9.59 Å². The van der Waals surface area contributed by atoms with E-state index in [-0.39, 0.29) is 17.1 Å². The van der Waals surface area contributed by atoms with Crippen molar-refractivity contribution in [3.63, 3.8) is 0 Å². The second-order valence-electron chi connectivity index (χ2n) is 3.23. The Morgan fingerprint density at radius 2 is 2.06 bits per heavy atom. The van der Waals surface area contributed by atoms with E-state index in [2.05, 4.69) is 33.1 Å². The molecule has 1 rings (SSSR count). The smallest absolute Gasteiger partial charge is 0.253 e. The molecule has 0 unspecified atom stereocenters. The Hall–Kier alpha value is -1.62. The molecule has 90 valence electrons. The van der Waals surface area contributed by atoms with Crippen LogP contribution in [0.1, 0.15) is 10.4 Å². The van der Waals surface area contributed by atoms with E-state index in [1.807, 2.05) is 0 Å². The first-order valence-corrected chi connectivity index (χ1v) is 6.15. The van der Waals surface area contributed by atoms with Gasteiger partial charge in [0.1, 0.15) is 0 Å². The number of benzene rings is 1. The minimum absolute atomic E-state index is 0.190. The lowest BCUT2D eigenvalue weighted by atomic mass is 10.1. The monoisotopic (exact) mass is 296 g/mol. The topological polar surface area (TPSA) is 58.2 Å². The number of nitrogens with one attached hydrogen (secondary N) is 2. The van der Waals surface area contributed by atoms with Crippen molar-refractivity contribution in [3.05, 3.63) is 42.5 Å². The fraction of sp³-hybridized carbons (Fsp3) is 0.167. The predicted molar refractivity (Wildman–Crippen MR) is 71.4 cm³/mol. The van der Waals surface area contributed by atoms with Gasteiger partial charge in [0.25, 0.3) is 5.91 Å². The van der Waals surface area contributed by atoms with Crippen LogP contribution in [0.15, 0.2) is 36.9 Å². The fourth-order valence-corrected chi connectivity index (χ4v) is 1.37. The van der Waals surface area contributed by atoms with Gasteiger partial charge in [-0.25, -0.2) is 0 Å². The average molecular weight is 297 g/mol. The lowest BCUT2D eigenvalue weighted by Gasteiger charge is -2.09. The summed E-state index contributed by atoms with van der Waals surface area (Å²) in [7, 11) is 0. The molecule has 2 N–H and O–H groups in total. The Morgan fingerprint density at radius 3 is 2.71 bits per heavy atom. The molecular weight excluding hydrogens is 284 g/mol. The molecule has 0 aliphatic rings. The third-order valence-corrected chi connectivity index (χ3v) is 2.48. The highest BCUT2D eigenvalue weighted by atomic mass is 79.9. The summed E-state index contributed by atoms with van der Waals surface area (Å²) in [6.07, 6.45) is 1.59. The maximum Gasteiger partial charge on any atom is 0.253 e. The molecule has 17 heavy (non-hydrogen) atoms. The highest BCUT2D eigenvalue weighted by Crippen LogP contribution is 2.14. The summed E-state index contributed by atoms with van der Waals surface area (Å²) >= 11 is 3.05. The first-order valence-electron chi connectivity index (χ1n) is 5.03. The van der Waals surface area contributed by atoms with Gasteiger partial charge in [-0.05, 0) is 12.1 Å². The number of hydrogen-bond acceptors (Lipinski definition) is 2. The molecule has 0 aromatic heterocycles. The van der Waals surface area contributed by atoms with Crippen LogP contribution >= 0.6 is 15.9 Å². The van der Waals surface area contributed by atoms with Gasteiger partial charge < -0.3 is 10.6 Å². The first-order chi connectivity index (χ1) is 8.19. The Kier molecular flexibility index (Phi) is 5.42. The summed E-state index contributed by atoms with van der Waals surface area (Å²) in [5.74, 6) is -0.440. The summed E-state index contributed by atoms with van der Waals surface area (Å²) < 4.78 is 0. The highest BCUT2D eigenvalue weighted by molar-refractivity contribution is 9.09. The normalized spacial score (nSPS) is 9.47. The van der Waals surface area contributed by atoms with Crippen molar-refractivity contribution in [1.82, 2.24) is 5.32 Å². The van der Waals surface area contributed by atoms with Crippen molar-refractivity contribution in [2.24, 2.45) is 0 Å².